The van der Waals surface area contributed by atoms with Gasteiger partial charge in [-0.25, -0.2) is 8.42 Å². The molecule has 1 fully saturated rings. The quantitative estimate of drug-likeness (QED) is 0.930. The van der Waals surface area contributed by atoms with Crippen molar-refractivity contribution in [1.29, 1.82) is 0 Å². The van der Waals surface area contributed by atoms with Crippen molar-refractivity contribution in [2.24, 2.45) is 17.6 Å². The number of aryl methyl sites for hydroxylation is 1. The lowest BCUT2D eigenvalue weighted by molar-refractivity contribution is 0.261. The van der Waals surface area contributed by atoms with Gasteiger partial charge in [0.05, 0.1) is 11.0 Å². The Hall–Kier alpha value is -0.870. The normalized spacial score (nSPS) is 27.0. The van der Waals surface area contributed by atoms with E-state index in [0.29, 0.717) is 18.3 Å². The average Bonchev–Trinajstić information content (AvgIpc) is 2.38. The first kappa shape index (κ1) is 16.5. The second-order valence-corrected chi connectivity index (χ2v) is 9.04. The Bertz CT molecular complexity index is 580. The topological polar surface area (TPSA) is 60.2 Å². The molecule has 1 aromatic rings. The second-order valence-electron chi connectivity index (χ2n) is 6.82. The van der Waals surface area contributed by atoms with Crippen molar-refractivity contribution in [1.82, 2.24) is 0 Å². The summed E-state index contributed by atoms with van der Waals surface area (Å²) in [6, 6.07) is 7.52. The van der Waals surface area contributed by atoms with E-state index in [1.165, 1.54) is 0 Å². The van der Waals surface area contributed by atoms with E-state index < -0.39 is 9.84 Å². The van der Waals surface area contributed by atoms with E-state index in [4.69, 9.17) is 5.73 Å². The summed E-state index contributed by atoms with van der Waals surface area (Å²) in [5, 5.41) is -0.390. The van der Waals surface area contributed by atoms with Crippen molar-refractivity contribution in [3.8, 4) is 0 Å². The van der Waals surface area contributed by atoms with Gasteiger partial charge < -0.3 is 5.73 Å². The van der Waals surface area contributed by atoms with E-state index in [-0.39, 0.29) is 17.0 Å². The number of nitrogens with two attached hydrogens (primary N) is 1. The van der Waals surface area contributed by atoms with Crippen LogP contribution in [-0.4, -0.2) is 19.7 Å². The minimum Gasteiger partial charge on any atom is -0.327 e. The number of sulfone groups is 1. The molecule has 2 N–H and O–H groups in total. The number of hydrogen-bond donors (Lipinski definition) is 1. The molecule has 0 bridgehead atoms. The summed E-state index contributed by atoms with van der Waals surface area (Å²) >= 11 is 0. The van der Waals surface area contributed by atoms with Crippen LogP contribution in [0.1, 0.15) is 44.2 Å². The zero-order valence-corrected chi connectivity index (χ0v) is 14.1. The smallest absolute Gasteiger partial charge is 0.158 e. The van der Waals surface area contributed by atoms with Gasteiger partial charge in [-0.2, -0.15) is 0 Å². The standard InChI is InChI=1S/C17H27NO2S/c1-12(2)15-7-8-16(18)17(10-15)21(19,20)11-14-6-4-5-13(3)9-14/h4-6,9,12,15-17H,7-8,10-11,18H2,1-3H3. The van der Waals surface area contributed by atoms with Crippen LogP contribution in [0.3, 0.4) is 0 Å². The van der Waals surface area contributed by atoms with Crippen molar-refractivity contribution in [2.75, 3.05) is 0 Å². The molecule has 118 valence electrons. The van der Waals surface area contributed by atoms with Crippen LogP contribution in [0.15, 0.2) is 24.3 Å². The molecule has 3 nitrogen and oxygen atoms in total. The Balaban J connectivity index is 2.17. The van der Waals surface area contributed by atoms with Crippen LogP contribution >= 0.6 is 0 Å². The Labute approximate surface area is 128 Å². The maximum atomic E-state index is 12.8. The van der Waals surface area contributed by atoms with Gasteiger partial charge in [0.2, 0.25) is 0 Å². The molecular formula is C17H27NO2S. The fourth-order valence-electron chi connectivity index (χ4n) is 3.34. The number of hydrogen-bond acceptors (Lipinski definition) is 3. The third kappa shape index (κ3) is 4.07. The Morgan fingerprint density at radius 3 is 2.62 bits per heavy atom. The largest absolute Gasteiger partial charge is 0.327 e. The van der Waals surface area contributed by atoms with Gasteiger partial charge in [0, 0.05) is 6.04 Å². The molecule has 4 heteroatoms. The predicted octanol–water partition coefficient (Wildman–Crippen LogP) is 3.06. The van der Waals surface area contributed by atoms with E-state index in [9.17, 15) is 8.42 Å². The van der Waals surface area contributed by atoms with Gasteiger partial charge in [-0.15, -0.1) is 0 Å². The molecule has 3 atom stereocenters. The first-order valence-corrected chi connectivity index (χ1v) is 9.54. The summed E-state index contributed by atoms with van der Waals surface area (Å²) in [7, 11) is -3.19. The van der Waals surface area contributed by atoms with Crippen LogP contribution < -0.4 is 5.73 Å². The summed E-state index contributed by atoms with van der Waals surface area (Å²) in [6.07, 6.45) is 2.59. The van der Waals surface area contributed by atoms with Crippen LogP contribution in [0.4, 0.5) is 0 Å². The lowest BCUT2D eigenvalue weighted by atomic mass is 9.79. The zero-order valence-electron chi connectivity index (χ0n) is 13.2. The Morgan fingerprint density at radius 1 is 1.29 bits per heavy atom. The summed E-state index contributed by atoms with van der Waals surface area (Å²) in [5.41, 5.74) is 8.09. The first-order chi connectivity index (χ1) is 9.79. The first-order valence-electron chi connectivity index (χ1n) is 7.82. The molecule has 1 aliphatic rings. The van der Waals surface area contributed by atoms with E-state index in [0.717, 1.165) is 24.0 Å². The van der Waals surface area contributed by atoms with Crippen LogP contribution in [0.2, 0.25) is 0 Å². The minimum atomic E-state index is -3.19. The van der Waals surface area contributed by atoms with E-state index in [2.05, 4.69) is 13.8 Å². The van der Waals surface area contributed by atoms with Gasteiger partial charge in [0.15, 0.2) is 9.84 Å². The highest BCUT2D eigenvalue weighted by Crippen LogP contribution is 2.34. The Kier molecular flexibility index (Phi) is 5.10. The molecule has 0 amide bonds. The Morgan fingerprint density at radius 2 is 2.00 bits per heavy atom. The number of benzene rings is 1. The van der Waals surface area contributed by atoms with Crippen LogP contribution in [-0.2, 0) is 15.6 Å². The summed E-state index contributed by atoms with van der Waals surface area (Å²) < 4.78 is 25.5. The monoisotopic (exact) mass is 309 g/mol. The minimum absolute atomic E-state index is 0.109. The highest BCUT2D eigenvalue weighted by Gasteiger charge is 2.37. The highest BCUT2D eigenvalue weighted by atomic mass is 32.2. The molecule has 1 aliphatic carbocycles. The maximum absolute atomic E-state index is 12.8. The third-order valence-corrected chi connectivity index (χ3v) is 6.94. The molecule has 1 aromatic carbocycles. The molecule has 1 saturated carbocycles. The fraction of sp³-hybridized carbons (Fsp3) is 0.647. The van der Waals surface area contributed by atoms with Gasteiger partial charge in [-0.3, -0.25) is 0 Å². The summed E-state index contributed by atoms with van der Waals surface area (Å²) in [4.78, 5) is 0. The predicted molar refractivity (Wildman–Crippen MR) is 87.7 cm³/mol. The molecule has 21 heavy (non-hydrogen) atoms. The molecule has 0 aliphatic heterocycles. The van der Waals surface area contributed by atoms with Gasteiger partial charge >= 0.3 is 0 Å². The lowest BCUT2D eigenvalue weighted by Crippen LogP contribution is -2.46. The van der Waals surface area contributed by atoms with E-state index in [1.807, 2.05) is 31.2 Å². The SMILES string of the molecule is Cc1cccc(CS(=O)(=O)C2CC(C(C)C)CCC2N)c1. The van der Waals surface area contributed by atoms with Crippen molar-refractivity contribution < 1.29 is 8.42 Å². The molecule has 0 aromatic heterocycles. The fourth-order valence-corrected chi connectivity index (χ4v) is 5.41. The average molecular weight is 309 g/mol. The van der Waals surface area contributed by atoms with Crippen molar-refractivity contribution in [3.05, 3.63) is 35.4 Å². The van der Waals surface area contributed by atoms with E-state index in [1.54, 1.807) is 0 Å². The van der Waals surface area contributed by atoms with E-state index >= 15 is 0 Å². The summed E-state index contributed by atoms with van der Waals surface area (Å²) in [6.45, 7) is 6.33. The molecule has 3 unspecified atom stereocenters. The molecule has 0 radical (unpaired) electrons. The van der Waals surface area contributed by atoms with Crippen molar-refractivity contribution in [2.45, 2.75) is 57.1 Å². The van der Waals surface area contributed by atoms with Gasteiger partial charge in [-0.05, 0) is 43.6 Å². The third-order valence-electron chi connectivity index (χ3n) is 4.74. The second kappa shape index (κ2) is 6.49. The molecule has 2 rings (SSSR count). The van der Waals surface area contributed by atoms with Gasteiger partial charge in [0.25, 0.3) is 0 Å². The van der Waals surface area contributed by atoms with Crippen LogP contribution in [0.5, 0.6) is 0 Å². The van der Waals surface area contributed by atoms with Crippen molar-refractivity contribution >= 4 is 9.84 Å². The maximum Gasteiger partial charge on any atom is 0.158 e. The van der Waals surface area contributed by atoms with Crippen molar-refractivity contribution in [3.63, 3.8) is 0 Å². The molecule has 0 heterocycles. The summed E-state index contributed by atoms with van der Waals surface area (Å²) in [5.74, 6) is 1.11. The number of rotatable bonds is 4. The van der Waals surface area contributed by atoms with Crippen LogP contribution in [0.25, 0.3) is 0 Å². The van der Waals surface area contributed by atoms with Gasteiger partial charge in [-0.1, -0.05) is 43.7 Å². The van der Waals surface area contributed by atoms with Crippen LogP contribution in [0, 0.1) is 18.8 Å². The van der Waals surface area contributed by atoms with Gasteiger partial charge in [0.1, 0.15) is 0 Å². The molecular weight excluding hydrogens is 282 g/mol. The molecule has 0 spiro atoms. The highest BCUT2D eigenvalue weighted by molar-refractivity contribution is 7.91. The molecule has 0 saturated heterocycles. The zero-order chi connectivity index (χ0) is 15.6. The lowest BCUT2D eigenvalue weighted by Gasteiger charge is -2.35.